The first kappa shape index (κ1) is 15.6. The lowest BCUT2D eigenvalue weighted by molar-refractivity contribution is -0.139. The molecule has 8 heteroatoms. The van der Waals surface area contributed by atoms with Crippen molar-refractivity contribution in [1.29, 1.82) is 0 Å². The number of hydrogen-bond acceptors (Lipinski definition) is 5. The molecule has 0 saturated carbocycles. The monoisotopic (exact) mass is 308 g/mol. The first-order valence-electron chi connectivity index (χ1n) is 6.49. The maximum Gasteiger partial charge on any atom is 0.407 e. The summed E-state index contributed by atoms with van der Waals surface area (Å²) in [6.07, 6.45) is -0.863. The van der Waals surface area contributed by atoms with Gasteiger partial charge in [0, 0.05) is 12.1 Å². The predicted molar refractivity (Wildman–Crippen MR) is 74.7 cm³/mol. The van der Waals surface area contributed by atoms with Crippen LogP contribution in [-0.4, -0.2) is 54.8 Å². The van der Waals surface area contributed by atoms with Crippen LogP contribution >= 0.6 is 0 Å². The fraction of sp³-hybridized carbons (Fsp3) is 0.357. The average molecular weight is 308 g/mol. The first-order chi connectivity index (χ1) is 10.5. The highest BCUT2D eigenvalue weighted by Crippen LogP contribution is 2.26. The van der Waals surface area contributed by atoms with Crippen LogP contribution in [0.25, 0.3) is 0 Å². The Morgan fingerprint density at radius 3 is 2.73 bits per heavy atom. The molecule has 8 nitrogen and oxygen atoms in total. The molecule has 1 aromatic rings. The van der Waals surface area contributed by atoms with Gasteiger partial charge in [0.2, 0.25) is 0 Å². The van der Waals surface area contributed by atoms with E-state index in [1.54, 1.807) is 18.2 Å². The Bertz CT molecular complexity index is 615. The second-order valence-electron chi connectivity index (χ2n) is 4.74. The van der Waals surface area contributed by atoms with Gasteiger partial charge < -0.3 is 24.8 Å². The maximum absolute atomic E-state index is 12.3. The molecule has 1 heterocycles. The molecule has 22 heavy (non-hydrogen) atoms. The van der Waals surface area contributed by atoms with E-state index in [1.807, 2.05) is 0 Å². The van der Waals surface area contributed by atoms with Crippen LogP contribution in [0, 0.1) is 0 Å². The van der Waals surface area contributed by atoms with Crippen LogP contribution in [0.15, 0.2) is 18.2 Å². The number of hydrogen-bond donors (Lipinski definition) is 2. The van der Waals surface area contributed by atoms with Gasteiger partial charge >= 0.3 is 12.1 Å². The molecule has 2 N–H and O–H groups in total. The smallest absolute Gasteiger partial charge is 0.407 e. The van der Waals surface area contributed by atoms with Crippen LogP contribution in [0.4, 0.5) is 4.79 Å². The summed E-state index contributed by atoms with van der Waals surface area (Å²) in [5, 5.41) is 11.3. The molecule has 118 valence electrons. The van der Waals surface area contributed by atoms with Crippen LogP contribution in [-0.2, 0) is 16.1 Å². The highest BCUT2D eigenvalue weighted by atomic mass is 16.5. The molecule has 0 bridgehead atoms. The van der Waals surface area contributed by atoms with Crippen molar-refractivity contribution in [3.63, 3.8) is 0 Å². The highest BCUT2D eigenvalue weighted by molar-refractivity contribution is 5.99. The molecule has 0 radical (unpaired) electrons. The normalized spacial score (nSPS) is 14.3. The van der Waals surface area contributed by atoms with Crippen LogP contribution in [0.5, 0.6) is 5.75 Å². The van der Waals surface area contributed by atoms with Crippen LogP contribution in [0.2, 0.25) is 0 Å². The molecule has 2 amide bonds. The van der Waals surface area contributed by atoms with E-state index >= 15 is 0 Å². The number of methoxy groups -OCH3 is 2. The van der Waals surface area contributed by atoms with Crippen molar-refractivity contribution < 1.29 is 29.0 Å². The van der Waals surface area contributed by atoms with Gasteiger partial charge in [-0.25, -0.2) is 9.59 Å². The number of nitrogens with zero attached hydrogens (tertiary/aromatic N) is 1. The van der Waals surface area contributed by atoms with E-state index in [9.17, 15) is 14.4 Å². The maximum atomic E-state index is 12.3. The van der Waals surface area contributed by atoms with Crippen molar-refractivity contribution in [3.05, 3.63) is 29.3 Å². The fourth-order valence-electron chi connectivity index (χ4n) is 2.22. The van der Waals surface area contributed by atoms with E-state index in [2.05, 4.69) is 10.1 Å². The summed E-state index contributed by atoms with van der Waals surface area (Å²) in [5.74, 6) is -0.991. The van der Waals surface area contributed by atoms with Gasteiger partial charge in [-0.3, -0.25) is 4.79 Å². The lowest BCUT2D eigenvalue weighted by Crippen LogP contribution is -2.48. The van der Waals surface area contributed by atoms with Gasteiger partial charge in [0.05, 0.1) is 20.8 Å². The number of benzene rings is 1. The minimum atomic E-state index is -1.24. The van der Waals surface area contributed by atoms with E-state index in [4.69, 9.17) is 9.84 Å². The Kier molecular flexibility index (Phi) is 4.50. The van der Waals surface area contributed by atoms with Crippen molar-refractivity contribution in [1.82, 2.24) is 10.2 Å². The summed E-state index contributed by atoms with van der Waals surface area (Å²) < 4.78 is 9.45. The third kappa shape index (κ3) is 3.11. The van der Waals surface area contributed by atoms with Gasteiger partial charge in [-0.05, 0) is 17.7 Å². The molecule has 1 aliphatic heterocycles. The van der Waals surface area contributed by atoms with Gasteiger partial charge in [0.15, 0.2) is 0 Å². The molecular weight excluding hydrogens is 292 g/mol. The Morgan fingerprint density at radius 1 is 1.41 bits per heavy atom. The number of carboxylic acids is 1. The topological polar surface area (TPSA) is 105 Å². The molecule has 1 atom stereocenters. The van der Waals surface area contributed by atoms with Crippen molar-refractivity contribution >= 4 is 18.0 Å². The van der Waals surface area contributed by atoms with E-state index in [1.165, 1.54) is 12.0 Å². The summed E-state index contributed by atoms with van der Waals surface area (Å²) in [4.78, 5) is 36.0. The number of carbonyl (C=O) groups is 3. The van der Waals surface area contributed by atoms with E-state index in [-0.39, 0.29) is 19.0 Å². The van der Waals surface area contributed by atoms with Crippen molar-refractivity contribution in [2.75, 3.05) is 20.8 Å². The molecule has 1 aliphatic rings. The number of nitrogens with one attached hydrogen (secondary N) is 1. The largest absolute Gasteiger partial charge is 0.497 e. The minimum Gasteiger partial charge on any atom is -0.497 e. The number of fused-ring (bicyclic) bond motifs is 1. The number of amides is 2. The lowest BCUT2D eigenvalue weighted by Gasteiger charge is -2.21. The molecular formula is C14H16N2O6. The van der Waals surface area contributed by atoms with Crippen molar-refractivity contribution in [2.24, 2.45) is 0 Å². The number of carbonyl (C=O) groups excluding carboxylic acids is 2. The average Bonchev–Trinajstić information content (AvgIpc) is 2.82. The Balaban J connectivity index is 2.12. The predicted octanol–water partition coefficient (Wildman–Crippen LogP) is 0.460. The molecule has 0 saturated heterocycles. The van der Waals surface area contributed by atoms with Crippen LogP contribution < -0.4 is 10.1 Å². The third-order valence-electron chi connectivity index (χ3n) is 3.37. The second kappa shape index (κ2) is 6.33. The van der Waals surface area contributed by atoms with Gasteiger partial charge in [0.25, 0.3) is 5.91 Å². The summed E-state index contributed by atoms with van der Waals surface area (Å²) in [5.41, 5.74) is 1.26. The van der Waals surface area contributed by atoms with E-state index in [0.29, 0.717) is 11.3 Å². The van der Waals surface area contributed by atoms with E-state index in [0.717, 1.165) is 12.7 Å². The molecule has 0 aromatic heterocycles. The first-order valence-corrected chi connectivity index (χ1v) is 6.49. The fourth-order valence-corrected chi connectivity index (χ4v) is 2.22. The molecule has 0 fully saturated rings. The van der Waals surface area contributed by atoms with Gasteiger partial charge in [-0.15, -0.1) is 0 Å². The molecule has 0 spiro atoms. The minimum absolute atomic E-state index is 0.153. The number of carboxylic acid groups (broad SMARTS) is 1. The quantitative estimate of drug-likeness (QED) is 0.818. The Labute approximate surface area is 126 Å². The Hall–Kier alpha value is -2.77. The lowest BCUT2D eigenvalue weighted by atomic mass is 10.1. The third-order valence-corrected chi connectivity index (χ3v) is 3.37. The molecule has 0 aliphatic carbocycles. The second-order valence-corrected chi connectivity index (χ2v) is 4.74. The highest BCUT2D eigenvalue weighted by Gasteiger charge is 2.32. The summed E-state index contributed by atoms with van der Waals surface area (Å²) in [7, 11) is 2.64. The summed E-state index contributed by atoms with van der Waals surface area (Å²) >= 11 is 0. The molecule has 0 unspecified atom stereocenters. The zero-order valence-electron chi connectivity index (χ0n) is 12.2. The number of alkyl carbamates (subject to hydrolysis) is 1. The summed E-state index contributed by atoms with van der Waals surface area (Å²) in [6, 6.07) is 3.86. The van der Waals surface area contributed by atoms with Gasteiger partial charge in [-0.2, -0.15) is 0 Å². The molecule has 1 aromatic carbocycles. The standard InChI is InChI=1S/C14H16N2O6/c1-21-9-4-3-8-6-16(12(17)10(8)5-9)7-11(13(18)19)15-14(20)22-2/h3-5,11H,6-7H2,1-2H3,(H,15,20)(H,18,19)/t11-/m1/s1. The molecule has 2 rings (SSSR count). The van der Waals surface area contributed by atoms with Crippen LogP contribution in [0.3, 0.4) is 0 Å². The van der Waals surface area contributed by atoms with Gasteiger partial charge in [-0.1, -0.05) is 6.07 Å². The Morgan fingerprint density at radius 2 is 2.14 bits per heavy atom. The van der Waals surface area contributed by atoms with Gasteiger partial charge in [0.1, 0.15) is 11.8 Å². The zero-order valence-corrected chi connectivity index (χ0v) is 12.2. The number of aliphatic carboxylic acids is 1. The zero-order chi connectivity index (χ0) is 16.3. The van der Waals surface area contributed by atoms with Crippen molar-refractivity contribution in [2.45, 2.75) is 12.6 Å². The van der Waals surface area contributed by atoms with Crippen LogP contribution in [0.1, 0.15) is 15.9 Å². The van der Waals surface area contributed by atoms with Crippen molar-refractivity contribution in [3.8, 4) is 5.75 Å². The summed E-state index contributed by atoms with van der Waals surface area (Å²) in [6.45, 7) is 0.130. The number of ether oxygens (including phenoxy) is 2. The van der Waals surface area contributed by atoms with E-state index < -0.39 is 18.1 Å². The SMILES string of the molecule is COC(=O)N[C@H](CN1Cc2ccc(OC)cc2C1=O)C(=O)O. The number of rotatable bonds is 5.